The zero-order chi connectivity index (χ0) is 12.7. The molecule has 1 aliphatic heterocycles. The molecule has 2 amide bonds. The molecule has 0 bridgehead atoms. The summed E-state index contributed by atoms with van der Waals surface area (Å²) >= 11 is 11.8. The van der Waals surface area contributed by atoms with E-state index in [0.29, 0.717) is 6.42 Å². The van der Waals surface area contributed by atoms with Crippen molar-refractivity contribution in [3.63, 3.8) is 0 Å². The van der Waals surface area contributed by atoms with Gasteiger partial charge in [0, 0.05) is 13.1 Å². The molecule has 0 radical (unpaired) electrons. The second-order valence-electron chi connectivity index (χ2n) is 4.98. The Hall–Kier alpha value is -0.480. The molecule has 2 aliphatic rings. The van der Waals surface area contributed by atoms with E-state index in [9.17, 15) is 9.59 Å². The van der Waals surface area contributed by atoms with Crippen LogP contribution in [0.4, 0.5) is 0 Å². The Labute approximate surface area is 111 Å². The molecule has 1 aliphatic carbocycles. The van der Waals surface area contributed by atoms with E-state index in [1.165, 1.54) is 0 Å². The van der Waals surface area contributed by atoms with Gasteiger partial charge in [0.15, 0.2) is 0 Å². The Morgan fingerprint density at radius 3 is 2.29 bits per heavy atom. The van der Waals surface area contributed by atoms with E-state index < -0.39 is 9.75 Å². The molecule has 2 rings (SSSR count). The fraction of sp³-hybridized carbons (Fsp3) is 0.818. The second kappa shape index (κ2) is 4.32. The monoisotopic (exact) mass is 278 g/mol. The van der Waals surface area contributed by atoms with E-state index in [-0.39, 0.29) is 18.4 Å². The summed E-state index contributed by atoms with van der Waals surface area (Å²) in [5, 5.41) is 2.62. The number of halogens is 2. The molecule has 1 saturated heterocycles. The summed E-state index contributed by atoms with van der Waals surface area (Å²) in [4.78, 5) is 25.3. The molecule has 2 fully saturated rings. The van der Waals surface area contributed by atoms with Gasteiger partial charge in [0.2, 0.25) is 11.8 Å². The zero-order valence-corrected chi connectivity index (χ0v) is 11.3. The third kappa shape index (κ3) is 2.38. The van der Waals surface area contributed by atoms with Crippen LogP contribution >= 0.6 is 23.2 Å². The van der Waals surface area contributed by atoms with Crippen LogP contribution in [0.3, 0.4) is 0 Å². The van der Waals surface area contributed by atoms with Crippen molar-refractivity contribution in [1.29, 1.82) is 0 Å². The van der Waals surface area contributed by atoms with Crippen LogP contribution in [0.15, 0.2) is 0 Å². The van der Waals surface area contributed by atoms with Gasteiger partial charge in [-0.2, -0.15) is 0 Å². The number of nitrogens with one attached hydrogen (secondary N) is 1. The minimum absolute atomic E-state index is 0.0326. The number of carbonyl (C=O) groups is 2. The molecule has 4 nitrogen and oxygen atoms in total. The first-order valence-electron chi connectivity index (χ1n) is 5.81. The number of nitrogens with zero attached hydrogens (tertiary/aromatic N) is 1. The van der Waals surface area contributed by atoms with E-state index in [1.807, 2.05) is 0 Å². The van der Waals surface area contributed by atoms with E-state index in [0.717, 1.165) is 25.9 Å². The Morgan fingerprint density at radius 2 is 1.82 bits per heavy atom. The first-order valence-corrected chi connectivity index (χ1v) is 6.56. The third-order valence-corrected chi connectivity index (χ3v) is 4.72. The third-order valence-electron chi connectivity index (χ3n) is 3.62. The molecule has 1 saturated carbocycles. The average molecular weight is 279 g/mol. The van der Waals surface area contributed by atoms with Gasteiger partial charge in [0.1, 0.15) is 4.33 Å². The molecule has 1 N–H and O–H groups in total. The molecule has 6 heteroatoms. The van der Waals surface area contributed by atoms with Gasteiger partial charge in [0.25, 0.3) is 0 Å². The number of likely N-dealkylation sites (tertiary alicyclic amines) is 1. The molecule has 0 aromatic rings. The summed E-state index contributed by atoms with van der Waals surface area (Å²) in [5.41, 5.74) is -0.749. The van der Waals surface area contributed by atoms with Crippen molar-refractivity contribution in [2.24, 2.45) is 5.41 Å². The quantitative estimate of drug-likeness (QED) is 0.792. The summed E-state index contributed by atoms with van der Waals surface area (Å²) in [6.07, 6.45) is 2.53. The molecular formula is C11H16Cl2N2O2. The summed E-state index contributed by atoms with van der Waals surface area (Å²) < 4.78 is -0.978. The number of rotatable bonds is 3. The number of amides is 2. The highest BCUT2D eigenvalue weighted by Gasteiger charge is 2.67. The molecule has 1 heterocycles. The van der Waals surface area contributed by atoms with Crippen LogP contribution in [0.1, 0.15) is 26.2 Å². The topological polar surface area (TPSA) is 49.4 Å². The van der Waals surface area contributed by atoms with Crippen molar-refractivity contribution >= 4 is 35.0 Å². The lowest BCUT2D eigenvalue weighted by Crippen LogP contribution is -2.41. The van der Waals surface area contributed by atoms with E-state index in [2.05, 4.69) is 5.32 Å². The van der Waals surface area contributed by atoms with E-state index in [1.54, 1.807) is 11.8 Å². The highest BCUT2D eigenvalue weighted by atomic mass is 35.5. The molecule has 0 aromatic heterocycles. The van der Waals surface area contributed by atoms with Gasteiger partial charge in [-0.25, -0.2) is 0 Å². The SMILES string of the molecule is C[C@@]1(C(=O)NCC(=O)N2CCCC2)CC1(Cl)Cl. The first-order chi connectivity index (χ1) is 7.87. The van der Waals surface area contributed by atoms with Gasteiger partial charge in [-0.15, -0.1) is 23.2 Å². The van der Waals surface area contributed by atoms with E-state index >= 15 is 0 Å². The molecule has 0 unspecified atom stereocenters. The molecule has 0 aromatic carbocycles. The van der Waals surface area contributed by atoms with Crippen LogP contribution in [-0.2, 0) is 9.59 Å². The fourth-order valence-corrected chi connectivity index (χ4v) is 2.78. The van der Waals surface area contributed by atoms with Gasteiger partial charge >= 0.3 is 0 Å². The van der Waals surface area contributed by atoms with Gasteiger partial charge < -0.3 is 10.2 Å². The Bertz CT molecular complexity index is 353. The predicted octanol–water partition coefficient (Wildman–Crippen LogP) is 1.31. The summed E-state index contributed by atoms with van der Waals surface area (Å²) in [5.74, 6) is -0.273. The minimum atomic E-state index is -0.978. The first kappa shape index (κ1) is 13.0. The van der Waals surface area contributed by atoms with Crippen LogP contribution in [0.5, 0.6) is 0 Å². The number of hydrogen-bond acceptors (Lipinski definition) is 2. The second-order valence-corrected chi connectivity index (χ2v) is 6.47. The van der Waals surface area contributed by atoms with E-state index in [4.69, 9.17) is 23.2 Å². The van der Waals surface area contributed by atoms with Crippen LogP contribution in [0, 0.1) is 5.41 Å². The van der Waals surface area contributed by atoms with Crippen LogP contribution < -0.4 is 5.32 Å². The standard InChI is InChI=1S/C11H16Cl2N2O2/c1-10(7-11(10,12)13)9(17)14-6-8(16)15-4-2-3-5-15/h2-7H2,1H3,(H,14,17)/t10-/m0/s1. The van der Waals surface area contributed by atoms with Crippen molar-refractivity contribution in [2.75, 3.05) is 19.6 Å². The van der Waals surface area contributed by atoms with Crippen LogP contribution in [0.25, 0.3) is 0 Å². The summed E-state index contributed by atoms with van der Waals surface area (Å²) in [6.45, 7) is 3.34. The van der Waals surface area contributed by atoms with Gasteiger partial charge in [0.05, 0.1) is 12.0 Å². The normalized spacial score (nSPS) is 30.2. The van der Waals surface area contributed by atoms with Crippen LogP contribution in [-0.4, -0.2) is 40.7 Å². The number of alkyl halides is 2. The van der Waals surface area contributed by atoms with Gasteiger partial charge in [-0.3, -0.25) is 9.59 Å². The zero-order valence-electron chi connectivity index (χ0n) is 9.76. The van der Waals surface area contributed by atoms with Crippen molar-refractivity contribution in [3.8, 4) is 0 Å². The maximum absolute atomic E-state index is 11.8. The highest BCUT2D eigenvalue weighted by molar-refractivity contribution is 6.53. The van der Waals surface area contributed by atoms with Crippen LogP contribution in [0.2, 0.25) is 0 Å². The minimum Gasteiger partial charge on any atom is -0.346 e. The Balaban J connectivity index is 1.79. The lowest BCUT2D eigenvalue weighted by Gasteiger charge is -2.17. The van der Waals surface area contributed by atoms with Crippen molar-refractivity contribution < 1.29 is 9.59 Å². The largest absolute Gasteiger partial charge is 0.346 e. The van der Waals surface area contributed by atoms with Crippen molar-refractivity contribution in [1.82, 2.24) is 10.2 Å². The van der Waals surface area contributed by atoms with Gasteiger partial charge in [-0.05, 0) is 26.2 Å². The predicted molar refractivity (Wildman–Crippen MR) is 66.0 cm³/mol. The Morgan fingerprint density at radius 1 is 1.29 bits per heavy atom. The summed E-state index contributed by atoms with van der Waals surface area (Å²) in [6, 6.07) is 0. The molecule has 1 atom stereocenters. The molecule has 96 valence electrons. The van der Waals surface area contributed by atoms with Crippen molar-refractivity contribution in [2.45, 2.75) is 30.5 Å². The maximum atomic E-state index is 11.8. The number of carbonyl (C=O) groups excluding carboxylic acids is 2. The summed E-state index contributed by atoms with van der Waals surface area (Å²) in [7, 11) is 0. The Kier molecular flexibility index (Phi) is 3.29. The van der Waals surface area contributed by atoms with Gasteiger partial charge in [-0.1, -0.05) is 0 Å². The average Bonchev–Trinajstić information content (AvgIpc) is 2.73. The maximum Gasteiger partial charge on any atom is 0.241 e. The molecule has 17 heavy (non-hydrogen) atoms. The lowest BCUT2D eigenvalue weighted by atomic mass is 10.1. The smallest absolute Gasteiger partial charge is 0.241 e. The number of hydrogen-bond donors (Lipinski definition) is 1. The van der Waals surface area contributed by atoms with Crippen molar-refractivity contribution in [3.05, 3.63) is 0 Å². The molecular weight excluding hydrogens is 263 g/mol. The molecule has 0 spiro atoms. The fourth-order valence-electron chi connectivity index (χ4n) is 2.08. The highest BCUT2D eigenvalue weighted by Crippen LogP contribution is 2.63. The lowest BCUT2D eigenvalue weighted by molar-refractivity contribution is -0.133.